The zero-order valence-electron chi connectivity index (χ0n) is 15.1. The van der Waals surface area contributed by atoms with Crippen molar-refractivity contribution in [1.29, 1.82) is 0 Å². The van der Waals surface area contributed by atoms with Crippen molar-refractivity contribution in [2.45, 2.75) is 52.2 Å². The molecule has 1 aromatic heterocycles. The average Bonchev–Trinajstić information content (AvgIpc) is 2.59. The van der Waals surface area contributed by atoms with E-state index < -0.39 is 29.6 Å². The van der Waals surface area contributed by atoms with Crippen molar-refractivity contribution < 1.29 is 23.8 Å². The van der Waals surface area contributed by atoms with Crippen LogP contribution in [-0.2, 0) is 16.0 Å². The Morgan fingerprint density at radius 2 is 2.00 bits per heavy atom. The molecule has 0 saturated carbocycles. The van der Waals surface area contributed by atoms with Crippen LogP contribution in [0.2, 0.25) is 0 Å². The third kappa shape index (κ3) is 4.62. The number of carboxylic acids is 1. The molecule has 26 heavy (non-hydrogen) atoms. The van der Waals surface area contributed by atoms with Gasteiger partial charge >= 0.3 is 11.6 Å². The fourth-order valence-electron chi connectivity index (χ4n) is 2.67. The lowest BCUT2D eigenvalue weighted by Crippen LogP contribution is -2.46. The van der Waals surface area contributed by atoms with Crippen LogP contribution in [0.1, 0.15) is 39.2 Å². The minimum absolute atomic E-state index is 0.342. The molecule has 0 saturated heterocycles. The molecule has 2 N–H and O–H groups in total. The summed E-state index contributed by atoms with van der Waals surface area (Å²) in [7, 11) is 0. The Hall–Kier alpha value is -2.83. The Labute approximate surface area is 151 Å². The highest BCUT2D eigenvalue weighted by Crippen LogP contribution is 2.23. The zero-order chi connectivity index (χ0) is 19.3. The second-order valence-electron chi connectivity index (χ2n) is 6.05. The molecule has 7 nitrogen and oxygen atoms in total. The van der Waals surface area contributed by atoms with Gasteiger partial charge in [-0.25, -0.2) is 9.59 Å². The number of hydrogen-bond donors (Lipinski definition) is 2. The summed E-state index contributed by atoms with van der Waals surface area (Å²) in [6.45, 7) is 5.32. The molecule has 2 rings (SSSR count). The molecule has 0 spiro atoms. The number of rotatable bonds is 8. The second-order valence-corrected chi connectivity index (χ2v) is 6.05. The van der Waals surface area contributed by atoms with E-state index in [2.05, 4.69) is 5.32 Å². The third-order valence-corrected chi connectivity index (χ3v) is 4.06. The number of amides is 1. The molecule has 0 fully saturated rings. The van der Waals surface area contributed by atoms with Gasteiger partial charge in [-0.05, 0) is 37.5 Å². The van der Waals surface area contributed by atoms with Gasteiger partial charge in [0.2, 0.25) is 0 Å². The summed E-state index contributed by atoms with van der Waals surface area (Å²) in [5.74, 6) is -1.24. The summed E-state index contributed by atoms with van der Waals surface area (Å²) >= 11 is 0. The quantitative estimate of drug-likeness (QED) is 0.700. The van der Waals surface area contributed by atoms with Gasteiger partial charge in [-0.1, -0.05) is 20.3 Å². The first-order valence-electron chi connectivity index (χ1n) is 8.62. The number of benzene rings is 1. The van der Waals surface area contributed by atoms with Crippen LogP contribution in [0.25, 0.3) is 11.0 Å². The number of fused-ring (bicyclic) bond motifs is 1. The second kappa shape index (κ2) is 8.51. The van der Waals surface area contributed by atoms with E-state index in [1.54, 1.807) is 18.2 Å². The summed E-state index contributed by atoms with van der Waals surface area (Å²) in [6, 6.07) is 5.53. The Morgan fingerprint density at radius 3 is 2.62 bits per heavy atom. The van der Waals surface area contributed by atoms with Crippen molar-refractivity contribution in [1.82, 2.24) is 5.32 Å². The van der Waals surface area contributed by atoms with Crippen LogP contribution in [-0.4, -0.2) is 29.1 Å². The van der Waals surface area contributed by atoms with Gasteiger partial charge in [0.1, 0.15) is 17.4 Å². The monoisotopic (exact) mass is 361 g/mol. The minimum atomic E-state index is -1.08. The lowest BCUT2D eigenvalue weighted by atomic mass is 10.1. The van der Waals surface area contributed by atoms with Crippen molar-refractivity contribution in [3.8, 4) is 5.75 Å². The first-order valence-corrected chi connectivity index (χ1v) is 8.62. The molecule has 1 amide bonds. The molecule has 1 heterocycles. The number of aliphatic carboxylic acids is 1. The number of carboxylic acid groups (broad SMARTS) is 1. The molecule has 0 aliphatic rings. The van der Waals surface area contributed by atoms with Crippen LogP contribution in [0.3, 0.4) is 0 Å². The maximum absolute atomic E-state index is 12.2. The summed E-state index contributed by atoms with van der Waals surface area (Å²) < 4.78 is 10.8. The highest BCUT2D eigenvalue weighted by molar-refractivity contribution is 5.86. The van der Waals surface area contributed by atoms with Crippen LogP contribution in [0.15, 0.2) is 33.5 Å². The van der Waals surface area contributed by atoms with Crippen molar-refractivity contribution >= 4 is 22.8 Å². The van der Waals surface area contributed by atoms with E-state index in [-0.39, 0.29) is 0 Å². The van der Waals surface area contributed by atoms with Crippen molar-refractivity contribution in [2.24, 2.45) is 0 Å². The minimum Gasteiger partial charge on any atom is -0.481 e. The summed E-state index contributed by atoms with van der Waals surface area (Å²) in [5.41, 5.74) is 0.812. The summed E-state index contributed by atoms with van der Waals surface area (Å²) in [5, 5.41) is 12.4. The fourth-order valence-corrected chi connectivity index (χ4v) is 2.67. The van der Waals surface area contributed by atoms with E-state index in [1.165, 1.54) is 13.0 Å². The van der Waals surface area contributed by atoms with Gasteiger partial charge in [0.15, 0.2) is 6.10 Å². The van der Waals surface area contributed by atoms with E-state index in [9.17, 15) is 14.4 Å². The third-order valence-electron chi connectivity index (χ3n) is 4.06. The van der Waals surface area contributed by atoms with Crippen molar-refractivity contribution in [3.05, 3.63) is 40.2 Å². The summed E-state index contributed by atoms with van der Waals surface area (Å²) in [4.78, 5) is 35.0. The van der Waals surface area contributed by atoms with Crippen molar-refractivity contribution in [3.63, 3.8) is 0 Å². The molecule has 2 atom stereocenters. The molecule has 0 unspecified atom stereocenters. The van der Waals surface area contributed by atoms with Crippen LogP contribution in [0.5, 0.6) is 5.75 Å². The standard InChI is InChI=1S/C19H23NO6/c1-4-6-15(19(23)24)20-18(22)11(3)25-13-7-8-14-12(5-2)9-17(21)26-16(14)10-13/h7-11,15H,4-6H2,1-3H3,(H,20,22)(H,23,24)/t11-,15+/m0/s1. The largest absolute Gasteiger partial charge is 0.481 e. The van der Waals surface area contributed by atoms with E-state index in [1.807, 2.05) is 13.8 Å². The molecular formula is C19H23NO6. The topological polar surface area (TPSA) is 106 Å². The number of carbonyl (C=O) groups excluding carboxylic acids is 1. The first kappa shape index (κ1) is 19.5. The molecule has 2 aromatic rings. The molecule has 0 bridgehead atoms. The predicted octanol–water partition coefficient (Wildman–Crippen LogP) is 2.49. The van der Waals surface area contributed by atoms with Gasteiger partial charge in [-0.15, -0.1) is 0 Å². The van der Waals surface area contributed by atoms with E-state index in [4.69, 9.17) is 14.3 Å². The van der Waals surface area contributed by atoms with Gasteiger partial charge in [0.25, 0.3) is 5.91 Å². The first-order chi connectivity index (χ1) is 12.3. The Balaban J connectivity index is 2.15. The molecule has 0 aliphatic carbocycles. The van der Waals surface area contributed by atoms with Gasteiger partial charge in [-0.3, -0.25) is 4.79 Å². The van der Waals surface area contributed by atoms with E-state index in [0.717, 1.165) is 10.9 Å². The highest BCUT2D eigenvalue weighted by atomic mass is 16.5. The maximum atomic E-state index is 12.2. The lowest BCUT2D eigenvalue weighted by Gasteiger charge is -2.18. The Morgan fingerprint density at radius 1 is 1.27 bits per heavy atom. The number of hydrogen-bond acceptors (Lipinski definition) is 5. The molecular weight excluding hydrogens is 338 g/mol. The molecule has 0 aliphatic heterocycles. The van der Waals surface area contributed by atoms with Gasteiger partial charge in [0.05, 0.1) is 0 Å². The number of nitrogens with one attached hydrogen (secondary N) is 1. The van der Waals surface area contributed by atoms with Crippen LogP contribution >= 0.6 is 0 Å². The SMILES string of the molecule is CCC[C@@H](NC(=O)[C@H](C)Oc1ccc2c(CC)cc(=O)oc2c1)C(=O)O. The zero-order valence-corrected chi connectivity index (χ0v) is 15.1. The Kier molecular flexibility index (Phi) is 6.38. The number of aryl methyl sites for hydroxylation is 1. The Bertz CT molecular complexity index is 857. The lowest BCUT2D eigenvalue weighted by molar-refractivity contribution is -0.143. The average molecular weight is 361 g/mol. The number of carbonyl (C=O) groups is 2. The van der Waals surface area contributed by atoms with E-state index in [0.29, 0.717) is 30.6 Å². The van der Waals surface area contributed by atoms with Gasteiger partial charge < -0.3 is 19.6 Å². The molecule has 1 aromatic carbocycles. The van der Waals surface area contributed by atoms with Gasteiger partial charge in [-0.2, -0.15) is 0 Å². The normalized spacial score (nSPS) is 13.2. The van der Waals surface area contributed by atoms with Gasteiger partial charge in [0, 0.05) is 17.5 Å². The number of ether oxygens (including phenoxy) is 1. The predicted molar refractivity (Wildman–Crippen MR) is 96.4 cm³/mol. The molecule has 0 radical (unpaired) electrons. The van der Waals surface area contributed by atoms with Crippen molar-refractivity contribution in [2.75, 3.05) is 0 Å². The highest BCUT2D eigenvalue weighted by Gasteiger charge is 2.23. The van der Waals surface area contributed by atoms with Crippen LogP contribution in [0, 0.1) is 0 Å². The molecule has 7 heteroatoms. The van der Waals surface area contributed by atoms with E-state index >= 15 is 0 Å². The smallest absolute Gasteiger partial charge is 0.336 e. The van der Waals surface area contributed by atoms with Crippen LogP contribution < -0.4 is 15.7 Å². The fraction of sp³-hybridized carbons (Fsp3) is 0.421. The molecule has 140 valence electrons. The maximum Gasteiger partial charge on any atom is 0.336 e. The van der Waals surface area contributed by atoms with Crippen LogP contribution in [0.4, 0.5) is 0 Å². The summed E-state index contributed by atoms with van der Waals surface area (Å²) in [6.07, 6.45) is 0.770.